The number of carboxylic acid groups (broad SMARTS) is 1. The van der Waals surface area contributed by atoms with E-state index in [4.69, 9.17) is 20.8 Å². The van der Waals surface area contributed by atoms with Gasteiger partial charge in [0.1, 0.15) is 17.5 Å². The van der Waals surface area contributed by atoms with Gasteiger partial charge < -0.3 is 20.8 Å². The van der Waals surface area contributed by atoms with E-state index in [-0.39, 0.29) is 24.3 Å². The van der Waals surface area contributed by atoms with Crippen molar-refractivity contribution in [2.75, 3.05) is 0 Å². The molecule has 0 amide bonds. The first kappa shape index (κ1) is 16.3. The van der Waals surface area contributed by atoms with Gasteiger partial charge in [0.25, 0.3) is 0 Å². The summed E-state index contributed by atoms with van der Waals surface area (Å²) < 4.78 is 4.97. The quantitative estimate of drug-likeness (QED) is 0.162. The van der Waals surface area contributed by atoms with Gasteiger partial charge >= 0.3 is 11.9 Å². The lowest BCUT2D eigenvalue weighted by Crippen LogP contribution is -2.31. The molecule has 1 aromatic rings. The molecule has 112 valence electrons. The fourth-order valence-corrected chi connectivity index (χ4v) is 1.42. The normalized spacial score (nSPS) is 12.5. The van der Waals surface area contributed by atoms with Crippen molar-refractivity contribution in [1.29, 1.82) is 0 Å². The Morgan fingerprint density at radius 3 is 2.43 bits per heavy atom. The average Bonchev–Trinajstić information content (AvgIpc) is 2.47. The maximum Gasteiger partial charge on any atom is 0.320 e. The van der Waals surface area contributed by atoms with Crippen molar-refractivity contribution in [3.63, 3.8) is 0 Å². The van der Waals surface area contributed by atoms with E-state index >= 15 is 0 Å². The van der Waals surface area contributed by atoms with Crippen LogP contribution in [0, 0.1) is 0 Å². The van der Waals surface area contributed by atoms with Crippen LogP contribution in [0.4, 0.5) is 0 Å². The van der Waals surface area contributed by atoms with E-state index in [1.807, 2.05) is 0 Å². The maximum absolute atomic E-state index is 11.5. The van der Waals surface area contributed by atoms with E-state index < -0.39 is 18.0 Å². The summed E-state index contributed by atoms with van der Waals surface area (Å²) >= 11 is 0. The number of carboxylic acids is 1. The van der Waals surface area contributed by atoms with Gasteiger partial charge in [0.15, 0.2) is 6.29 Å². The second-order valence-corrected chi connectivity index (χ2v) is 4.08. The molecule has 0 unspecified atom stereocenters. The number of hydrogen-bond donors (Lipinski definition) is 3. The average molecular weight is 294 g/mol. The highest BCUT2D eigenvalue weighted by molar-refractivity contribution is 6.36. The number of oxime groups is 1. The van der Waals surface area contributed by atoms with Gasteiger partial charge in [-0.25, -0.2) is 0 Å². The van der Waals surface area contributed by atoms with Crippen molar-refractivity contribution < 1.29 is 29.4 Å². The highest BCUT2D eigenvalue weighted by Gasteiger charge is 2.14. The molecule has 0 saturated carbocycles. The van der Waals surface area contributed by atoms with Gasteiger partial charge in [0.05, 0.1) is 0 Å². The van der Waals surface area contributed by atoms with E-state index in [0.29, 0.717) is 11.8 Å². The molecule has 0 aliphatic carbocycles. The van der Waals surface area contributed by atoms with E-state index in [1.165, 1.54) is 24.3 Å². The summed E-state index contributed by atoms with van der Waals surface area (Å²) in [4.78, 5) is 32.5. The van der Waals surface area contributed by atoms with Gasteiger partial charge in [-0.3, -0.25) is 14.4 Å². The first-order chi connectivity index (χ1) is 9.97. The maximum atomic E-state index is 11.5. The van der Waals surface area contributed by atoms with E-state index in [9.17, 15) is 14.4 Å². The zero-order valence-electron chi connectivity index (χ0n) is 10.9. The van der Waals surface area contributed by atoms with Gasteiger partial charge in [0, 0.05) is 12.0 Å². The molecule has 4 N–H and O–H groups in total. The molecule has 0 fully saturated rings. The van der Waals surface area contributed by atoms with Crippen LogP contribution in [0.3, 0.4) is 0 Å². The van der Waals surface area contributed by atoms with Crippen LogP contribution in [0.2, 0.25) is 0 Å². The third-order valence-electron chi connectivity index (χ3n) is 2.58. The number of benzene rings is 1. The molecule has 0 radical (unpaired) electrons. The molecule has 1 aromatic carbocycles. The van der Waals surface area contributed by atoms with Crippen molar-refractivity contribution in [2.45, 2.75) is 18.9 Å². The Morgan fingerprint density at radius 2 is 1.95 bits per heavy atom. The van der Waals surface area contributed by atoms with E-state index in [1.54, 1.807) is 0 Å². The summed E-state index contributed by atoms with van der Waals surface area (Å²) in [5, 5.41) is 20.0. The molecule has 0 aliphatic heterocycles. The number of aldehydes is 1. The summed E-state index contributed by atoms with van der Waals surface area (Å²) in [7, 11) is 0. The Balaban J connectivity index is 2.58. The van der Waals surface area contributed by atoms with Crippen molar-refractivity contribution in [1.82, 2.24) is 0 Å². The Hall–Kier alpha value is -2.74. The molecule has 1 atom stereocenters. The molecule has 0 spiro atoms. The van der Waals surface area contributed by atoms with Crippen LogP contribution < -0.4 is 10.5 Å². The van der Waals surface area contributed by atoms with Crippen molar-refractivity contribution >= 4 is 23.9 Å². The summed E-state index contributed by atoms with van der Waals surface area (Å²) in [6.45, 7) is 0. The number of carbonyl (C=O) groups is 3. The van der Waals surface area contributed by atoms with Crippen LogP contribution in [0.15, 0.2) is 29.4 Å². The summed E-state index contributed by atoms with van der Waals surface area (Å²) in [5.74, 6) is -1.58. The lowest BCUT2D eigenvalue weighted by Gasteiger charge is -2.07. The minimum absolute atomic E-state index is 0.0291. The molecule has 0 aliphatic rings. The van der Waals surface area contributed by atoms with Crippen LogP contribution in [0.25, 0.3) is 0 Å². The van der Waals surface area contributed by atoms with Crippen molar-refractivity contribution in [3.8, 4) is 5.75 Å². The summed E-state index contributed by atoms with van der Waals surface area (Å²) in [6, 6.07) is 4.60. The number of aliphatic carboxylic acids is 1. The van der Waals surface area contributed by atoms with Crippen LogP contribution >= 0.6 is 0 Å². The zero-order valence-corrected chi connectivity index (χ0v) is 10.9. The van der Waals surface area contributed by atoms with Crippen molar-refractivity contribution in [3.05, 3.63) is 29.8 Å². The molecule has 8 heteroatoms. The van der Waals surface area contributed by atoms with Crippen LogP contribution in [-0.4, -0.2) is 40.3 Å². The van der Waals surface area contributed by atoms with Crippen LogP contribution in [-0.2, 0) is 14.4 Å². The predicted octanol–water partition coefficient (Wildman–Crippen LogP) is 0.161. The fourth-order valence-electron chi connectivity index (χ4n) is 1.42. The highest BCUT2D eigenvalue weighted by atomic mass is 16.5. The number of ether oxygens (including phenoxy) is 1. The number of hydrogen-bond acceptors (Lipinski definition) is 7. The fraction of sp³-hybridized carbons (Fsp3) is 0.231. The predicted molar refractivity (Wildman–Crippen MR) is 71.3 cm³/mol. The van der Waals surface area contributed by atoms with Crippen LogP contribution in [0.1, 0.15) is 18.4 Å². The monoisotopic (exact) mass is 294 g/mol. The number of rotatable bonds is 7. The summed E-state index contributed by atoms with van der Waals surface area (Å²) in [5.41, 5.74) is 5.47. The number of nitrogens with two attached hydrogens (primary N) is 1. The van der Waals surface area contributed by atoms with Crippen molar-refractivity contribution in [2.24, 2.45) is 10.9 Å². The standard InChI is InChI=1S/C13H14N2O6/c14-10(13(18)19)5-6-12(17)21-9-3-1-8(2-4-9)11(7-16)15-20/h1-4,7,10,20H,5-6,14H2,(H,18,19)/t10-/m1/s1. The Bertz CT molecular complexity index is 552. The molecule has 1 rings (SSSR count). The number of esters is 1. The lowest BCUT2D eigenvalue weighted by molar-refractivity contribution is -0.139. The molecular weight excluding hydrogens is 280 g/mol. The van der Waals surface area contributed by atoms with Gasteiger partial charge in [-0.05, 0) is 30.7 Å². The Labute approximate surface area is 119 Å². The van der Waals surface area contributed by atoms with E-state index in [2.05, 4.69) is 5.16 Å². The largest absolute Gasteiger partial charge is 0.480 e. The molecule has 21 heavy (non-hydrogen) atoms. The third-order valence-corrected chi connectivity index (χ3v) is 2.58. The molecule has 8 nitrogen and oxygen atoms in total. The van der Waals surface area contributed by atoms with Gasteiger partial charge in [-0.2, -0.15) is 0 Å². The Morgan fingerprint density at radius 1 is 1.33 bits per heavy atom. The van der Waals surface area contributed by atoms with Crippen LogP contribution in [0.5, 0.6) is 5.75 Å². The first-order valence-corrected chi connectivity index (χ1v) is 5.94. The van der Waals surface area contributed by atoms with E-state index in [0.717, 1.165) is 0 Å². The highest BCUT2D eigenvalue weighted by Crippen LogP contribution is 2.14. The second-order valence-electron chi connectivity index (χ2n) is 4.08. The minimum Gasteiger partial charge on any atom is -0.480 e. The number of carbonyl (C=O) groups excluding carboxylic acids is 2. The SMILES string of the molecule is N[C@H](CCC(=O)Oc1ccc(C(C=O)=NO)cc1)C(=O)O. The first-order valence-electron chi connectivity index (χ1n) is 5.94. The smallest absolute Gasteiger partial charge is 0.320 e. The molecule has 0 bridgehead atoms. The van der Waals surface area contributed by atoms with Gasteiger partial charge in [-0.1, -0.05) is 5.16 Å². The molecule has 0 heterocycles. The number of nitrogens with zero attached hydrogens (tertiary/aromatic N) is 1. The summed E-state index contributed by atoms with van der Waals surface area (Å²) in [6.07, 6.45) is 0.222. The van der Waals surface area contributed by atoms with Gasteiger partial charge in [0.2, 0.25) is 0 Å². The minimum atomic E-state index is -1.18. The topological polar surface area (TPSA) is 139 Å². The molecule has 0 saturated heterocycles. The third kappa shape index (κ3) is 5.03. The zero-order chi connectivity index (χ0) is 15.8. The molecular formula is C13H14N2O6. The lowest BCUT2D eigenvalue weighted by atomic mass is 10.1. The Kier molecular flexibility index (Phi) is 6.02. The second kappa shape index (κ2) is 7.75. The van der Waals surface area contributed by atoms with Gasteiger partial charge in [-0.15, -0.1) is 0 Å². The molecule has 0 aromatic heterocycles.